The van der Waals surface area contributed by atoms with Crippen LogP contribution in [0.15, 0.2) is 12.4 Å². The van der Waals surface area contributed by atoms with Gasteiger partial charge < -0.3 is 4.74 Å². The van der Waals surface area contributed by atoms with E-state index in [2.05, 4.69) is 11.3 Å². The summed E-state index contributed by atoms with van der Waals surface area (Å²) in [5, 5.41) is 0. The van der Waals surface area contributed by atoms with Crippen molar-refractivity contribution in [2.75, 3.05) is 6.61 Å². The first-order valence-electron chi connectivity index (χ1n) is 3.49. The minimum atomic E-state index is -4.81. The van der Waals surface area contributed by atoms with E-state index in [-0.39, 0.29) is 6.61 Å². The summed E-state index contributed by atoms with van der Waals surface area (Å²) in [5.41, 5.74) is 0. The Hall–Kier alpha value is -0.650. The van der Waals surface area contributed by atoms with Gasteiger partial charge in [0.15, 0.2) is 5.83 Å². The number of ether oxygens (including phenoxy) is 1. The number of epoxide rings is 1. The highest BCUT2D eigenvalue weighted by Crippen LogP contribution is 2.44. The largest absolute Gasteiger partial charge is 0.373 e. The molecule has 1 rings (SSSR count). The summed E-state index contributed by atoms with van der Waals surface area (Å²) < 4.78 is 66.4. The van der Waals surface area contributed by atoms with Crippen molar-refractivity contribution >= 4 is 0 Å². The SMILES string of the molecule is C=C(F)C(F)(F)C(F)(F)CC1CO1. The maximum absolute atomic E-state index is 12.6. The molecule has 1 fully saturated rings. The molecule has 0 aliphatic carbocycles. The molecule has 0 aromatic rings. The second-order valence-electron chi connectivity index (χ2n) is 2.84. The molecule has 0 aromatic carbocycles. The van der Waals surface area contributed by atoms with Gasteiger partial charge in [-0.3, -0.25) is 0 Å². The molecule has 0 saturated carbocycles. The zero-order valence-electron chi connectivity index (χ0n) is 6.50. The third-order valence-electron chi connectivity index (χ3n) is 1.69. The van der Waals surface area contributed by atoms with E-state index in [1.807, 2.05) is 0 Å². The minimum absolute atomic E-state index is 0.0183. The highest BCUT2D eigenvalue weighted by molar-refractivity contribution is 5.06. The second kappa shape index (κ2) is 2.94. The number of rotatable bonds is 4. The quantitative estimate of drug-likeness (QED) is 0.504. The fraction of sp³-hybridized carbons (Fsp3) is 0.714. The predicted octanol–water partition coefficient (Wildman–Crippen LogP) is 2.53. The Morgan fingerprint density at radius 2 is 1.85 bits per heavy atom. The van der Waals surface area contributed by atoms with Crippen molar-refractivity contribution < 1.29 is 26.7 Å². The van der Waals surface area contributed by atoms with Crippen molar-refractivity contribution in [3.8, 4) is 0 Å². The number of allylic oxidation sites excluding steroid dienone is 1. The van der Waals surface area contributed by atoms with Gasteiger partial charge in [0.05, 0.1) is 12.7 Å². The third kappa shape index (κ3) is 1.99. The van der Waals surface area contributed by atoms with Gasteiger partial charge in [-0.15, -0.1) is 0 Å². The van der Waals surface area contributed by atoms with E-state index in [1.54, 1.807) is 0 Å². The molecule has 0 bridgehead atoms. The average molecular weight is 202 g/mol. The van der Waals surface area contributed by atoms with Crippen molar-refractivity contribution in [1.29, 1.82) is 0 Å². The molecule has 1 aliphatic heterocycles. The molecule has 76 valence electrons. The van der Waals surface area contributed by atoms with E-state index in [9.17, 15) is 22.0 Å². The van der Waals surface area contributed by atoms with Crippen molar-refractivity contribution in [1.82, 2.24) is 0 Å². The summed E-state index contributed by atoms with van der Waals surface area (Å²) in [4.78, 5) is 0. The molecular weight excluding hydrogens is 195 g/mol. The lowest BCUT2D eigenvalue weighted by molar-refractivity contribution is -0.199. The normalized spacial score (nSPS) is 23.0. The Kier molecular flexibility index (Phi) is 2.36. The topological polar surface area (TPSA) is 12.5 Å². The Labute approximate surface area is 71.2 Å². The van der Waals surface area contributed by atoms with Crippen LogP contribution in [-0.2, 0) is 4.74 Å². The van der Waals surface area contributed by atoms with Crippen LogP contribution >= 0.6 is 0 Å². The van der Waals surface area contributed by atoms with E-state index in [4.69, 9.17) is 0 Å². The molecule has 0 radical (unpaired) electrons. The number of hydrogen-bond acceptors (Lipinski definition) is 1. The molecule has 1 nitrogen and oxygen atoms in total. The van der Waals surface area contributed by atoms with Gasteiger partial charge >= 0.3 is 11.8 Å². The monoisotopic (exact) mass is 202 g/mol. The zero-order chi connectivity index (χ0) is 10.3. The first-order chi connectivity index (χ1) is 5.77. The van der Waals surface area contributed by atoms with E-state index in [0.717, 1.165) is 0 Å². The summed E-state index contributed by atoms with van der Waals surface area (Å²) in [5.74, 6) is -11.6. The summed E-state index contributed by atoms with van der Waals surface area (Å²) in [7, 11) is 0. The molecule has 0 aromatic heterocycles. The molecule has 1 saturated heterocycles. The van der Waals surface area contributed by atoms with Crippen molar-refractivity contribution in [2.45, 2.75) is 24.4 Å². The highest BCUT2D eigenvalue weighted by Gasteiger charge is 2.60. The molecule has 0 amide bonds. The number of hydrogen-bond donors (Lipinski definition) is 0. The molecular formula is C7H7F5O. The molecule has 13 heavy (non-hydrogen) atoms. The number of halogens is 5. The van der Waals surface area contributed by atoms with Gasteiger partial charge in [0, 0.05) is 6.42 Å². The maximum atomic E-state index is 12.6. The van der Waals surface area contributed by atoms with Crippen LogP contribution in [-0.4, -0.2) is 24.6 Å². The first kappa shape index (κ1) is 10.4. The average Bonchev–Trinajstić information content (AvgIpc) is 2.70. The van der Waals surface area contributed by atoms with Gasteiger partial charge in [0.1, 0.15) is 0 Å². The van der Waals surface area contributed by atoms with Gasteiger partial charge in [-0.05, 0) is 0 Å². The predicted molar refractivity (Wildman–Crippen MR) is 34.5 cm³/mol. The molecule has 6 heteroatoms. The lowest BCUT2D eigenvalue weighted by Crippen LogP contribution is -2.41. The van der Waals surface area contributed by atoms with Crippen molar-refractivity contribution in [2.24, 2.45) is 0 Å². The molecule has 1 atom stereocenters. The summed E-state index contributed by atoms with van der Waals surface area (Å²) in [6, 6.07) is 0. The first-order valence-corrected chi connectivity index (χ1v) is 3.49. The van der Waals surface area contributed by atoms with E-state index in [0.29, 0.717) is 0 Å². The highest BCUT2D eigenvalue weighted by atomic mass is 19.3. The molecule has 1 heterocycles. The van der Waals surface area contributed by atoms with Gasteiger partial charge in [-0.25, -0.2) is 4.39 Å². The second-order valence-corrected chi connectivity index (χ2v) is 2.84. The Morgan fingerprint density at radius 3 is 2.15 bits per heavy atom. The summed E-state index contributed by atoms with van der Waals surface area (Å²) in [6.45, 7) is 2.20. The molecule has 1 unspecified atom stereocenters. The van der Waals surface area contributed by atoms with Crippen LogP contribution in [0.25, 0.3) is 0 Å². The Balaban J connectivity index is 2.69. The lowest BCUT2D eigenvalue weighted by Gasteiger charge is -2.23. The maximum Gasteiger partial charge on any atom is 0.360 e. The van der Waals surface area contributed by atoms with Gasteiger partial charge in [-0.2, -0.15) is 17.6 Å². The minimum Gasteiger partial charge on any atom is -0.373 e. The van der Waals surface area contributed by atoms with Crippen molar-refractivity contribution in [3.63, 3.8) is 0 Å². The molecule has 1 aliphatic rings. The van der Waals surface area contributed by atoms with Gasteiger partial charge in [0.2, 0.25) is 0 Å². The fourth-order valence-electron chi connectivity index (χ4n) is 0.798. The van der Waals surface area contributed by atoms with Crippen LogP contribution in [0.2, 0.25) is 0 Å². The summed E-state index contributed by atoms with van der Waals surface area (Å²) >= 11 is 0. The smallest absolute Gasteiger partial charge is 0.360 e. The van der Waals surface area contributed by atoms with E-state index >= 15 is 0 Å². The van der Waals surface area contributed by atoms with Gasteiger partial charge in [-0.1, -0.05) is 6.58 Å². The van der Waals surface area contributed by atoms with E-state index in [1.165, 1.54) is 0 Å². The van der Waals surface area contributed by atoms with Crippen LogP contribution < -0.4 is 0 Å². The molecule has 0 spiro atoms. The van der Waals surface area contributed by atoms with Crippen LogP contribution in [0.5, 0.6) is 0 Å². The number of alkyl halides is 4. The Bertz CT molecular complexity index is 221. The van der Waals surface area contributed by atoms with Crippen molar-refractivity contribution in [3.05, 3.63) is 12.4 Å². The van der Waals surface area contributed by atoms with E-state index < -0.39 is 30.2 Å². The van der Waals surface area contributed by atoms with Crippen LogP contribution in [0.3, 0.4) is 0 Å². The summed E-state index contributed by atoms with van der Waals surface area (Å²) in [6.07, 6.45) is -2.07. The van der Waals surface area contributed by atoms with Crippen LogP contribution in [0.4, 0.5) is 22.0 Å². The van der Waals surface area contributed by atoms with Crippen LogP contribution in [0, 0.1) is 0 Å². The zero-order valence-corrected chi connectivity index (χ0v) is 6.50. The lowest BCUT2D eigenvalue weighted by atomic mass is 10.1. The van der Waals surface area contributed by atoms with Gasteiger partial charge in [0.25, 0.3) is 0 Å². The van der Waals surface area contributed by atoms with Crippen LogP contribution in [0.1, 0.15) is 6.42 Å². The fourth-order valence-corrected chi connectivity index (χ4v) is 0.798. The standard InChI is InChI=1S/C7H7F5O/c1-4(8)7(11,12)6(9,10)2-5-3-13-5/h5H,1-3H2. The third-order valence-corrected chi connectivity index (χ3v) is 1.69. The Morgan fingerprint density at radius 1 is 1.38 bits per heavy atom. The molecule has 0 N–H and O–H groups in total.